The van der Waals surface area contributed by atoms with Crippen molar-refractivity contribution in [3.63, 3.8) is 0 Å². The van der Waals surface area contributed by atoms with Gasteiger partial charge < -0.3 is 4.42 Å². The molecule has 1 nitrogen and oxygen atoms in total. The first-order valence-electron chi connectivity index (χ1n) is 17.1. The van der Waals surface area contributed by atoms with Crippen molar-refractivity contribution in [2.75, 3.05) is 0 Å². The van der Waals surface area contributed by atoms with Crippen LogP contribution in [0.3, 0.4) is 0 Å². The van der Waals surface area contributed by atoms with Gasteiger partial charge in [0.05, 0.1) is 5.48 Å². The van der Waals surface area contributed by atoms with Gasteiger partial charge in [-0.25, -0.2) is 0 Å². The maximum Gasteiger partial charge on any atom is 0.135 e. The van der Waals surface area contributed by atoms with Crippen LogP contribution in [0.15, 0.2) is 174 Å². The van der Waals surface area contributed by atoms with Crippen LogP contribution in [0.5, 0.6) is 0 Å². The molecular weight excluding hydrogens is 544 g/mol. The fourth-order valence-corrected chi connectivity index (χ4v) is 6.75. The second-order valence-electron chi connectivity index (χ2n) is 11.3. The van der Waals surface area contributed by atoms with Crippen molar-refractivity contribution in [3.05, 3.63) is 170 Å². The smallest absolute Gasteiger partial charge is 0.135 e. The second kappa shape index (κ2) is 10.4. The van der Waals surface area contributed by atoms with E-state index >= 15 is 0 Å². The third-order valence-corrected chi connectivity index (χ3v) is 8.75. The maximum atomic E-state index is 9.70. The molecule has 0 radical (unpaired) electrons. The number of hydrogen-bond donors (Lipinski definition) is 0. The lowest BCUT2D eigenvalue weighted by Gasteiger charge is -2.20. The van der Waals surface area contributed by atoms with Crippen molar-refractivity contribution in [1.82, 2.24) is 0 Å². The lowest BCUT2D eigenvalue weighted by molar-refractivity contribution is 0.669. The summed E-state index contributed by atoms with van der Waals surface area (Å²) in [5.74, 6) is 0. The van der Waals surface area contributed by atoms with Crippen LogP contribution in [0.1, 0.15) is 5.48 Å². The molecule has 0 unspecified atom stereocenters. The van der Waals surface area contributed by atoms with Crippen molar-refractivity contribution in [2.45, 2.75) is 0 Å². The Bertz CT molecular complexity index is 2710. The number of fused-ring (bicyclic) bond motifs is 5. The van der Waals surface area contributed by atoms with Gasteiger partial charge in [0.25, 0.3) is 0 Å². The molecule has 0 aliphatic carbocycles. The van der Waals surface area contributed by atoms with E-state index in [4.69, 9.17) is 7.16 Å². The molecule has 0 spiro atoms. The van der Waals surface area contributed by atoms with Crippen molar-refractivity contribution in [1.29, 1.82) is 0 Å². The monoisotopic (exact) mass is 576 g/mol. The van der Waals surface area contributed by atoms with E-state index in [9.17, 15) is 2.74 Å². The molecule has 0 fully saturated rings. The molecule has 8 aromatic carbocycles. The number of rotatable bonds is 4. The zero-order chi connectivity index (χ0) is 33.2. The predicted octanol–water partition coefficient (Wildman–Crippen LogP) is 12.6. The molecule has 0 aliphatic rings. The molecule has 0 N–H and O–H groups in total. The quantitative estimate of drug-likeness (QED) is 0.190. The van der Waals surface area contributed by atoms with Gasteiger partial charge in [0, 0.05) is 10.8 Å². The standard InChI is InChI=1S/C44H28O/c1-2-13-29(14-3-1)33-17-4-5-19-35(33)44-38-22-8-6-20-36(38)43(37-21-7-9-23-39(37)44)32-16-12-15-30(27-32)31-25-26-42-40(28-31)34-18-10-11-24-41(34)45-42/h1-28H/i12D,15D,16D,27D. The van der Waals surface area contributed by atoms with Crippen LogP contribution in [0.25, 0.3) is 88.0 Å². The Hall–Kier alpha value is -5.92. The van der Waals surface area contributed by atoms with E-state index in [-0.39, 0.29) is 24.2 Å². The van der Waals surface area contributed by atoms with Gasteiger partial charge in [-0.2, -0.15) is 0 Å². The van der Waals surface area contributed by atoms with Crippen LogP contribution in [0.4, 0.5) is 0 Å². The molecule has 0 saturated carbocycles. The fraction of sp³-hybridized carbons (Fsp3) is 0. The molecule has 45 heavy (non-hydrogen) atoms. The van der Waals surface area contributed by atoms with Crippen LogP contribution in [-0.2, 0) is 0 Å². The highest BCUT2D eigenvalue weighted by Crippen LogP contribution is 2.46. The van der Waals surface area contributed by atoms with Gasteiger partial charge in [0.1, 0.15) is 11.2 Å². The molecule has 0 atom stereocenters. The van der Waals surface area contributed by atoms with E-state index in [1.165, 1.54) is 0 Å². The Morgan fingerprint density at radius 3 is 1.67 bits per heavy atom. The number of hydrogen-bond acceptors (Lipinski definition) is 1. The van der Waals surface area contributed by atoms with Crippen LogP contribution in [0.2, 0.25) is 0 Å². The summed E-state index contributed by atoms with van der Waals surface area (Å²) in [5.41, 5.74) is 7.94. The summed E-state index contributed by atoms with van der Waals surface area (Å²) in [5, 5.41) is 5.60. The molecule has 210 valence electrons. The third kappa shape index (κ3) is 4.17. The van der Waals surface area contributed by atoms with E-state index < -0.39 is 0 Å². The number of benzene rings is 8. The Balaban J connectivity index is 1.37. The molecule has 9 aromatic rings. The summed E-state index contributed by atoms with van der Waals surface area (Å²) >= 11 is 0. The van der Waals surface area contributed by atoms with Gasteiger partial charge in [-0.15, -0.1) is 0 Å². The van der Waals surface area contributed by atoms with Crippen LogP contribution in [-0.4, -0.2) is 0 Å². The zero-order valence-corrected chi connectivity index (χ0v) is 24.3. The Kier molecular flexibility index (Phi) is 5.00. The first-order valence-corrected chi connectivity index (χ1v) is 15.1. The van der Waals surface area contributed by atoms with Crippen molar-refractivity contribution in [2.24, 2.45) is 0 Å². The van der Waals surface area contributed by atoms with E-state index in [1.54, 1.807) is 0 Å². The molecule has 0 amide bonds. The zero-order valence-electron chi connectivity index (χ0n) is 28.3. The minimum Gasteiger partial charge on any atom is -0.456 e. The predicted molar refractivity (Wildman–Crippen MR) is 190 cm³/mol. The summed E-state index contributed by atoms with van der Waals surface area (Å²) in [6, 6.07) is 48.2. The summed E-state index contributed by atoms with van der Waals surface area (Å²) in [6.45, 7) is 0. The van der Waals surface area contributed by atoms with E-state index in [0.717, 1.165) is 71.3 Å². The highest BCUT2D eigenvalue weighted by Gasteiger charge is 2.19. The highest BCUT2D eigenvalue weighted by molar-refractivity contribution is 6.22. The topological polar surface area (TPSA) is 13.1 Å². The van der Waals surface area contributed by atoms with E-state index in [0.29, 0.717) is 16.7 Å². The molecule has 9 rings (SSSR count). The molecule has 0 bridgehead atoms. The van der Waals surface area contributed by atoms with Crippen molar-refractivity contribution >= 4 is 43.5 Å². The minimum absolute atomic E-state index is 0.0610. The largest absolute Gasteiger partial charge is 0.456 e. The Morgan fingerprint density at radius 2 is 0.933 bits per heavy atom. The van der Waals surface area contributed by atoms with E-state index in [2.05, 4.69) is 60.7 Å². The fourth-order valence-electron chi connectivity index (χ4n) is 6.75. The normalized spacial score (nSPS) is 12.8. The SMILES string of the molecule is [2H]c1c([2H])c(-c2ccc3oc4ccccc4c3c2)c([2H])c(-c2c3ccccc3c(-c3ccccc3-c3ccccc3)c3ccccc23)c1[2H]. The molecule has 0 aliphatic heterocycles. The third-order valence-electron chi connectivity index (χ3n) is 8.75. The first kappa shape index (κ1) is 21.7. The highest BCUT2D eigenvalue weighted by atomic mass is 16.3. The molecular formula is C44H28O. The summed E-state index contributed by atoms with van der Waals surface area (Å²) in [6.07, 6.45) is 0. The molecule has 1 heteroatoms. The van der Waals surface area contributed by atoms with Crippen LogP contribution >= 0.6 is 0 Å². The maximum absolute atomic E-state index is 9.70. The summed E-state index contributed by atoms with van der Waals surface area (Å²) in [4.78, 5) is 0. The lowest BCUT2D eigenvalue weighted by atomic mass is 9.83. The molecule has 0 saturated heterocycles. The average Bonchev–Trinajstić information content (AvgIpc) is 3.52. The van der Waals surface area contributed by atoms with Crippen LogP contribution in [0, 0.1) is 0 Å². The van der Waals surface area contributed by atoms with Gasteiger partial charge >= 0.3 is 0 Å². The van der Waals surface area contributed by atoms with Crippen molar-refractivity contribution in [3.8, 4) is 44.5 Å². The van der Waals surface area contributed by atoms with Crippen molar-refractivity contribution < 1.29 is 9.90 Å². The van der Waals surface area contributed by atoms with E-state index in [1.807, 2.05) is 84.9 Å². The van der Waals surface area contributed by atoms with Gasteiger partial charge in [-0.3, -0.25) is 0 Å². The molecule has 1 heterocycles. The first-order chi connectivity index (χ1) is 24.0. The van der Waals surface area contributed by atoms with Crippen LogP contribution < -0.4 is 0 Å². The lowest BCUT2D eigenvalue weighted by Crippen LogP contribution is -1.92. The second-order valence-corrected chi connectivity index (χ2v) is 11.3. The summed E-state index contributed by atoms with van der Waals surface area (Å²) in [7, 11) is 0. The average molecular weight is 577 g/mol. The minimum atomic E-state index is -0.204. The van der Waals surface area contributed by atoms with Gasteiger partial charge in [0.2, 0.25) is 0 Å². The summed E-state index contributed by atoms with van der Waals surface area (Å²) < 4.78 is 43.1. The van der Waals surface area contributed by atoms with Gasteiger partial charge in [-0.1, -0.05) is 146 Å². The molecule has 1 aromatic heterocycles. The Morgan fingerprint density at radius 1 is 0.378 bits per heavy atom. The van der Waals surface area contributed by atoms with Gasteiger partial charge in [0.15, 0.2) is 0 Å². The number of para-hydroxylation sites is 1. The Labute approximate surface area is 267 Å². The van der Waals surface area contributed by atoms with Gasteiger partial charge in [-0.05, 0) is 90.3 Å². The number of furan rings is 1.